The zero-order valence-corrected chi connectivity index (χ0v) is 9.47. The minimum atomic E-state index is -0.0447. The summed E-state index contributed by atoms with van der Waals surface area (Å²) < 4.78 is 9.49. The van der Waals surface area contributed by atoms with Crippen LogP contribution < -0.4 is 5.32 Å². The molecule has 4 nitrogen and oxygen atoms in total. The number of hydrogen-bond acceptors (Lipinski definition) is 4. The Balaban J connectivity index is 1.84. The molecule has 1 saturated heterocycles. The quantitative estimate of drug-likeness (QED) is 0.846. The monoisotopic (exact) mass is 226 g/mol. The Hall–Kier alpha value is -0.940. The van der Waals surface area contributed by atoms with Crippen LogP contribution in [0.1, 0.15) is 28.9 Å². The lowest BCUT2D eigenvalue weighted by atomic mass is 10.2. The lowest BCUT2D eigenvalue weighted by molar-refractivity contribution is 0.0857. The molecule has 1 N–H and O–H groups in total. The molecule has 5 heteroatoms. The van der Waals surface area contributed by atoms with Crippen LogP contribution in [0.3, 0.4) is 0 Å². The summed E-state index contributed by atoms with van der Waals surface area (Å²) in [5.74, 6) is -0.0447. The number of carbonyl (C=O) groups is 1. The van der Waals surface area contributed by atoms with Crippen LogP contribution in [0.5, 0.6) is 0 Å². The zero-order chi connectivity index (χ0) is 10.7. The van der Waals surface area contributed by atoms with E-state index in [0.29, 0.717) is 12.1 Å². The summed E-state index contributed by atoms with van der Waals surface area (Å²) in [7, 11) is 0. The first-order valence-electron chi connectivity index (χ1n) is 5.08. The standard InChI is InChI=1S/C10H14N2O2S/c1-7-9(6-15-12-7)10(13)11-5-8-3-2-4-14-8/h6,8H,2-5H2,1H3,(H,11,13). The molecule has 0 bridgehead atoms. The number of aryl methyl sites for hydroxylation is 1. The molecule has 1 aromatic heterocycles. The number of amides is 1. The largest absolute Gasteiger partial charge is 0.376 e. The first-order valence-corrected chi connectivity index (χ1v) is 5.92. The maximum Gasteiger partial charge on any atom is 0.254 e. The molecule has 1 aliphatic heterocycles. The van der Waals surface area contributed by atoms with Crippen molar-refractivity contribution in [1.29, 1.82) is 0 Å². The van der Waals surface area contributed by atoms with Crippen LogP contribution in [-0.2, 0) is 4.74 Å². The molecule has 82 valence electrons. The smallest absolute Gasteiger partial charge is 0.254 e. The first-order chi connectivity index (χ1) is 7.27. The van der Waals surface area contributed by atoms with Gasteiger partial charge in [-0.3, -0.25) is 4.79 Å². The van der Waals surface area contributed by atoms with Crippen molar-refractivity contribution in [3.8, 4) is 0 Å². The summed E-state index contributed by atoms with van der Waals surface area (Å²) in [5, 5.41) is 4.65. The highest BCUT2D eigenvalue weighted by atomic mass is 32.1. The summed E-state index contributed by atoms with van der Waals surface area (Å²) in [6.45, 7) is 3.27. The number of nitrogens with zero attached hydrogens (tertiary/aromatic N) is 1. The van der Waals surface area contributed by atoms with E-state index in [2.05, 4.69) is 9.69 Å². The molecule has 0 aromatic carbocycles. The molecular weight excluding hydrogens is 212 g/mol. The second-order valence-electron chi connectivity index (χ2n) is 3.66. The third-order valence-corrected chi connectivity index (χ3v) is 3.23. The number of aromatic nitrogens is 1. The second-order valence-corrected chi connectivity index (χ2v) is 4.29. The maximum absolute atomic E-state index is 11.7. The van der Waals surface area contributed by atoms with Gasteiger partial charge in [0.25, 0.3) is 5.91 Å². The first kappa shape index (κ1) is 10.6. The summed E-state index contributed by atoms with van der Waals surface area (Å²) in [6, 6.07) is 0. The highest BCUT2D eigenvalue weighted by Crippen LogP contribution is 2.12. The Labute approximate surface area is 92.8 Å². The van der Waals surface area contributed by atoms with Crippen molar-refractivity contribution in [2.24, 2.45) is 0 Å². The van der Waals surface area contributed by atoms with Crippen LogP contribution in [-0.4, -0.2) is 29.5 Å². The van der Waals surface area contributed by atoms with Crippen LogP contribution >= 0.6 is 11.5 Å². The molecule has 15 heavy (non-hydrogen) atoms. The predicted molar refractivity (Wildman–Crippen MR) is 58.2 cm³/mol. The fraction of sp³-hybridized carbons (Fsp3) is 0.600. The van der Waals surface area contributed by atoms with Crippen LogP contribution in [0.2, 0.25) is 0 Å². The van der Waals surface area contributed by atoms with Crippen LogP contribution in [0.4, 0.5) is 0 Å². The molecule has 1 fully saturated rings. The van der Waals surface area contributed by atoms with Gasteiger partial charge >= 0.3 is 0 Å². The number of ether oxygens (including phenoxy) is 1. The molecule has 1 unspecified atom stereocenters. The van der Waals surface area contributed by atoms with Gasteiger partial charge in [-0.2, -0.15) is 4.37 Å². The van der Waals surface area contributed by atoms with Gasteiger partial charge in [-0.05, 0) is 31.3 Å². The third kappa shape index (κ3) is 2.54. The van der Waals surface area contributed by atoms with E-state index in [1.807, 2.05) is 6.92 Å². The lowest BCUT2D eigenvalue weighted by Gasteiger charge is -2.10. The van der Waals surface area contributed by atoms with Crippen molar-refractivity contribution in [3.63, 3.8) is 0 Å². The molecule has 1 amide bonds. The van der Waals surface area contributed by atoms with Crippen molar-refractivity contribution < 1.29 is 9.53 Å². The number of rotatable bonds is 3. The molecule has 2 heterocycles. The van der Waals surface area contributed by atoms with Gasteiger partial charge in [-0.15, -0.1) is 0 Å². The van der Waals surface area contributed by atoms with Crippen LogP contribution in [0, 0.1) is 6.92 Å². The fourth-order valence-corrected chi connectivity index (χ4v) is 2.31. The van der Waals surface area contributed by atoms with E-state index in [1.54, 1.807) is 5.38 Å². The number of nitrogens with one attached hydrogen (secondary N) is 1. The minimum Gasteiger partial charge on any atom is -0.376 e. The van der Waals surface area contributed by atoms with Crippen molar-refractivity contribution in [3.05, 3.63) is 16.6 Å². The summed E-state index contributed by atoms with van der Waals surface area (Å²) >= 11 is 1.31. The lowest BCUT2D eigenvalue weighted by Crippen LogP contribution is -2.31. The number of hydrogen-bond donors (Lipinski definition) is 1. The highest BCUT2D eigenvalue weighted by Gasteiger charge is 2.17. The molecule has 0 spiro atoms. The SMILES string of the molecule is Cc1nscc1C(=O)NCC1CCCO1. The molecule has 0 saturated carbocycles. The van der Waals surface area contributed by atoms with E-state index >= 15 is 0 Å². The molecule has 1 aliphatic rings. The van der Waals surface area contributed by atoms with E-state index in [1.165, 1.54) is 11.5 Å². The Morgan fingerprint density at radius 3 is 3.27 bits per heavy atom. The van der Waals surface area contributed by atoms with Crippen LogP contribution in [0.15, 0.2) is 5.38 Å². The average molecular weight is 226 g/mol. The van der Waals surface area contributed by atoms with Gasteiger partial charge in [-0.25, -0.2) is 0 Å². The fourth-order valence-electron chi connectivity index (χ4n) is 1.62. The van der Waals surface area contributed by atoms with Gasteiger partial charge < -0.3 is 10.1 Å². The molecule has 0 radical (unpaired) electrons. The van der Waals surface area contributed by atoms with Crippen molar-refractivity contribution in [1.82, 2.24) is 9.69 Å². The average Bonchev–Trinajstić information content (AvgIpc) is 2.84. The summed E-state index contributed by atoms with van der Waals surface area (Å²) in [6.07, 6.45) is 2.33. The normalized spacial score (nSPS) is 20.5. The van der Waals surface area contributed by atoms with E-state index in [9.17, 15) is 4.79 Å². The van der Waals surface area contributed by atoms with Crippen molar-refractivity contribution in [2.45, 2.75) is 25.9 Å². The second kappa shape index (κ2) is 4.72. The maximum atomic E-state index is 11.7. The zero-order valence-electron chi connectivity index (χ0n) is 8.66. The van der Waals surface area contributed by atoms with Crippen molar-refractivity contribution >= 4 is 17.4 Å². The molecule has 1 atom stereocenters. The van der Waals surface area contributed by atoms with Gasteiger partial charge in [0.05, 0.1) is 17.4 Å². The van der Waals surface area contributed by atoms with Gasteiger partial charge in [0, 0.05) is 18.5 Å². The van der Waals surface area contributed by atoms with Crippen LogP contribution in [0.25, 0.3) is 0 Å². The van der Waals surface area contributed by atoms with Gasteiger partial charge in [0.2, 0.25) is 0 Å². The number of carbonyl (C=O) groups excluding carboxylic acids is 1. The van der Waals surface area contributed by atoms with E-state index in [-0.39, 0.29) is 12.0 Å². The third-order valence-electron chi connectivity index (χ3n) is 2.51. The Morgan fingerprint density at radius 2 is 2.67 bits per heavy atom. The molecule has 2 rings (SSSR count). The van der Waals surface area contributed by atoms with Gasteiger partial charge in [0.1, 0.15) is 0 Å². The molecule has 0 aliphatic carbocycles. The Morgan fingerprint density at radius 1 is 1.80 bits per heavy atom. The molecular formula is C10H14N2O2S. The van der Waals surface area contributed by atoms with Gasteiger partial charge in [-0.1, -0.05) is 0 Å². The van der Waals surface area contributed by atoms with E-state index < -0.39 is 0 Å². The Kier molecular flexibility index (Phi) is 3.33. The Bertz CT molecular complexity index is 345. The molecule has 1 aromatic rings. The summed E-state index contributed by atoms with van der Waals surface area (Å²) in [5.41, 5.74) is 1.47. The topological polar surface area (TPSA) is 51.2 Å². The highest BCUT2D eigenvalue weighted by molar-refractivity contribution is 7.03. The minimum absolute atomic E-state index is 0.0447. The van der Waals surface area contributed by atoms with Gasteiger partial charge in [0.15, 0.2) is 0 Å². The summed E-state index contributed by atoms with van der Waals surface area (Å²) in [4.78, 5) is 11.7. The predicted octanol–water partition coefficient (Wildman–Crippen LogP) is 1.36. The van der Waals surface area contributed by atoms with E-state index in [4.69, 9.17) is 4.74 Å². The van der Waals surface area contributed by atoms with Crippen molar-refractivity contribution in [2.75, 3.05) is 13.2 Å². The van der Waals surface area contributed by atoms with E-state index in [0.717, 1.165) is 25.1 Å².